The summed E-state index contributed by atoms with van der Waals surface area (Å²) in [4.78, 5) is 7.46. The molecular weight excluding hydrogens is 230 g/mol. The van der Waals surface area contributed by atoms with Gasteiger partial charge in [-0.2, -0.15) is 0 Å². The Balaban J connectivity index is 1.79. The number of aromatic nitrogens is 1. The lowest BCUT2D eigenvalue weighted by molar-refractivity contribution is 0.274. The molecule has 1 aliphatic rings. The van der Waals surface area contributed by atoms with E-state index in [1.54, 1.807) is 0 Å². The van der Waals surface area contributed by atoms with E-state index in [0.29, 0.717) is 4.99 Å². The van der Waals surface area contributed by atoms with Crippen molar-refractivity contribution in [3.05, 3.63) is 30.1 Å². The first kappa shape index (κ1) is 12.5. The van der Waals surface area contributed by atoms with Crippen molar-refractivity contribution in [2.45, 2.75) is 31.7 Å². The van der Waals surface area contributed by atoms with Crippen LogP contribution in [0.15, 0.2) is 24.4 Å². The SMILES string of the molecule is NC(=S)CCN(CCc1ccccn1)C1CC1. The van der Waals surface area contributed by atoms with Crippen molar-refractivity contribution < 1.29 is 0 Å². The molecule has 0 atom stereocenters. The maximum Gasteiger partial charge on any atom is 0.0740 e. The molecule has 2 N–H and O–H groups in total. The Morgan fingerprint density at radius 1 is 1.41 bits per heavy atom. The molecule has 1 aromatic heterocycles. The monoisotopic (exact) mass is 249 g/mol. The van der Waals surface area contributed by atoms with Crippen LogP contribution in [0.4, 0.5) is 0 Å². The van der Waals surface area contributed by atoms with E-state index in [0.717, 1.165) is 37.7 Å². The highest BCUT2D eigenvalue weighted by Crippen LogP contribution is 2.26. The van der Waals surface area contributed by atoms with Crippen LogP contribution in [0.1, 0.15) is 25.0 Å². The maximum atomic E-state index is 5.56. The molecule has 0 aliphatic heterocycles. The third-order valence-electron chi connectivity index (χ3n) is 3.09. The van der Waals surface area contributed by atoms with Gasteiger partial charge in [0.05, 0.1) is 4.99 Å². The van der Waals surface area contributed by atoms with Crippen molar-refractivity contribution in [3.8, 4) is 0 Å². The molecule has 0 bridgehead atoms. The summed E-state index contributed by atoms with van der Waals surface area (Å²) in [6.45, 7) is 2.05. The topological polar surface area (TPSA) is 42.1 Å². The van der Waals surface area contributed by atoms with Crippen molar-refractivity contribution in [1.29, 1.82) is 0 Å². The zero-order valence-corrected chi connectivity index (χ0v) is 10.8. The average Bonchev–Trinajstić information content (AvgIpc) is 3.14. The fraction of sp³-hybridized carbons (Fsp3) is 0.538. The molecule has 0 spiro atoms. The summed E-state index contributed by atoms with van der Waals surface area (Å²) in [6.07, 6.45) is 6.33. The van der Waals surface area contributed by atoms with Crippen molar-refractivity contribution >= 4 is 17.2 Å². The molecule has 0 radical (unpaired) electrons. The first-order valence-electron chi connectivity index (χ1n) is 6.18. The zero-order chi connectivity index (χ0) is 12.1. The van der Waals surface area contributed by atoms with Gasteiger partial charge in [-0.05, 0) is 25.0 Å². The van der Waals surface area contributed by atoms with Gasteiger partial charge in [0.25, 0.3) is 0 Å². The van der Waals surface area contributed by atoms with E-state index in [1.807, 2.05) is 18.3 Å². The van der Waals surface area contributed by atoms with Crippen LogP contribution in [0.2, 0.25) is 0 Å². The molecule has 0 aromatic carbocycles. The molecule has 0 saturated heterocycles. The molecule has 1 saturated carbocycles. The second kappa shape index (κ2) is 6.07. The second-order valence-corrected chi connectivity index (χ2v) is 5.08. The smallest absolute Gasteiger partial charge is 0.0740 e. The molecule has 1 fully saturated rings. The van der Waals surface area contributed by atoms with E-state index in [2.05, 4.69) is 16.0 Å². The predicted octanol–water partition coefficient (Wildman–Crippen LogP) is 1.76. The maximum absolute atomic E-state index is 5.56. The number of rotatable bonds is 7. The molecule has 92 valence electrons. The summed E-state index contributed by atoms with van der Waals surface area (Å²) in [6, 6.07) is 6.83. The Hall–Kier alpha value is -1.00. The average molecular weight is 249 g/mol. The lowest BCUT2D eigenvalue weighted by Crippen LogP contribution is -2.31. The molecule has 1 heterocycles. The van der Waals surface area contributed by atoms with Gasteiger partial charge in [0.15, 0.2) is 0 Å². The van der Waals surface area contributed by atoms with Crippen molar-refractivity contribution in [2.75, 3.05) is 13.1 Å². The van der Waals surface area contributed by atoms with E-state index in [4.69, 9.17) is 18.0 Å². The number of hydrogen-bond donors (Lipinski definition) is 1. The van der Waals surface area contributed by atoms with Crippen LogP contribution in [0.25, 0.3) is 0 Å². The van der Waals surface area contributed by atoms with Gasteiger partial charge in [-0.3, -0.25) is 9.88 Å². The second-order valence-electron chi connectivity index (χ2n) is 4.55. The molecule has 1 aliphatic carbocycles. The van der Waals surface area contributed by atoms with Crippen LogP contribution in [0.3, 0.4) is 0 Å². The Kier molecular flexibility index (Phi) is 4.45. The van der Waals surface area contributed by atoms with Crippen LogP contribution >= 0.6 is 12.2 Å². The fourth-order valence-corrected chi connectivity index (χ4v) is 2.07. The fourth-order valence-electron chi connectivity index (χ4n) is 1.97. The molecule has 2 rings (SSSR count). The summed E-state index contributed by atoms with van der Waals surface area (Å²) >= 11 is 4.94. The van der Waals surface area contributed by atoms with E-state index < -0.39 is 0 Å². The molecule has 1 aromatic rings. The quantitative estimate of drug-likeness (QED) is 0.748. The normalized spacial score (nSPS) is 15.1. The highest BCUT2D eigenvalue weighted by molar-refractivity contribution is 7.80. The van der Waals surface area contributed by atoms with Crippen molar-refractivity contribution in [1.82, 2.24) is 9.88 Å². The summed E-state index contributed by atoms with van der Waals surface area (Å²) in [5.74, 6) is 0. The third-order valence-corrected chi connectivity index (χ3v) is 3.29. The summed E-state index contributed by atoms with van der Waals surface area (Å²) in [5.41, 5.74) is 6.72. The van der Waals surface area contributed by atoms with Gasteiger partial charge in [-0.1, -0.05) is 18.3 Å². The number of nitrogens with two attached hydrogens (primary N) is 1. The highest BCUT2D eigenvalue weighted by atomic mass is 32.1. The Morgan fingerprint density at radius 2 is 2.24 bits per heavy atom. The Bertz CT molecular complexity index is 362. The van der Waals surface area contributed by atoms with Gasteiger partial charge in [0.1, 0.15) is 0 Å². The number of nitrogens with zero attached hydrogens (tertiary/aromatic N) is 2. The number of pyridine rings is 1. The van der Waals surface area contributed by atoms with Gasteiger partial charge >= 0.3 is 0 Å². The lowest BCUT2D eigenvalue weighted by atomic mass is 10.2. The minimum absolute atomic E-state index is 0.619. The van der Waals surface area contributed by atoms with Gasteiger partial charge in [-0.25, -0.2) is 0 Å². The molecule has 3 nitrogen and oxygen atoms in total. The number of hydrogen-bond acceptors (Lipinski definition) is 3. The van der Waals surface area contributed by atoms with Crippen molar-refractivity contribution in [3.63, 3.8) is 0 Å². The summed E-state index contributed by atoms with van der Waals surface area (Å²) in [7, 11) is 0. The van der Waals surface area contributed by atoms with Gasteiger partial charge in [0.2, 0.25) is 0 Å². The molecule has 4 heteroatoms. The van der Waals surface area contributed by atoms with Crippen LogP contribution in [-0.2, 0) is 6.42 Å². The Labute approximate surface area is 108 Å². The minimum atomic E-state index is 0.619. The van der Waals surface area contributed by atoms with Gasteiger partial charge in [0, 0.05) is 43.9 Å². The first-order chi connectivity index (χ1) is 8.25. The summed E-state index contributed by atoms with van der Waals surface area (Å²) in [5, 5.41) is 0. The Morgan fingerprint density at radius 3 is 2.82 bits per heavy atom. The largest absolute Gasteiger partial charge is 0.393 e. The molecule has 17 heavy (non-hydrogen) atoms. The van der Waals surface area contributed by atoms with E-state index in [-0.39, 0.29) is 0 Å². The minimum Gasteiger partial charge on any atom is -0.393 e. The molecule has 0 amide bonds. The van der Waals surface area contributed by atoms with E-state index >= 15 is 0 Å². The first-order valence-corrected chi connectivity index (χ1v) is 6.59. The van der Waals surface area contributed by atoms with Crippen LogP contribution in [0.5, 0.6) is 0 Å². The third kappa shape index (κ3) is 4.40. The standard InChI is InChI=1S/C13H19N3S/c14-13(17)7-10-16(12-4-5-12)9-6-11-3-1-2-8-15-11/h1-3,8,12H,4-7,9-10H2,(H2,14,17). The van der Waals surface area contributed by atoms with Crippen LogP contribution < -0.4 is 5.73 Å². The van der Waals surface area contributed by atoms with Gasteiger partial charge in [-0.15, -0.1) is 0 Å². The van der Waals surface area contributed by atoms with Crippen LogP contribution in [-0.4, -0.2) is 34.0 Å². The molecule has 0 unspecified atom stereocenters. The summed E-state index contributed by atoms with van der Waals surface area (Å²) < 4.78 is 0. The highest BCUT2D eigenvalue weighted by Gasteiger charge is 2.28. The van der Waals surface area contributed by atoms with Gasteiger partial charge < -0.3 is 5.73 Å². The van der Waals surface area contributed by atoms with Crippen LogP contribution in [0, 0.1) is 0 Å². The van der Waals surface area contributed by atoms with Crippen molar-refractivity contribution in [2.24, 2.45) is 5.73 Å². The lowest BCUT2D eigenvalue weighted by Gasteiger charge is -2.21. The predicted molar refractivity (Wildman–Crippen MR) is 73.9 cm³/mol. The van der Waals surface area contributed by atoms with E-state index in [1.165, 1.54) is 12.8 Å². The number of thiocarbonyl (C=S) groups is 1. The molecular formula is C13H19N3S. The zero-order valence-electron chi connectivity index (χ0n) is 10.0. The van der Waals surface area contributed by atoms with E-state index in [9.17, 15) is 0 Å².